The van der Waals surface area contributed by atoms with Crippen LogP contribution in [0.25, 0.3) is 0 Å². The topological polar surface area (TPSA) is 226 Å². The quantitative estimate of drug-likeness (QED) is 0.0490. The zero-order valence-electron chi connectivity index (χ0n) is 43.4. The Morgan fingerprint density at radius 2 is 1.18 bits per heavy atom. The number of rotatable bonds is 26. The first-order chi connectivity index (χ1) is 37.3. The maximum atomic E-state index is 13.6. The highest BCUT2D eigenvalue weighted by molar-refractivity contribution is 6.13. The van der Waals surface area contributed by atoms with E-state index >= 15 is 0 Å². The fraction of sp³-hybridized carbons (Fsp3) is 0.404. The van der Waals surface area contributed by atoms with Gasteiger partial charge >= 0.3 is 0 Å². The Kier molecular flexibility index (Phi) is 19.2. The number of nitrogens with one attached hydrogen (secondary N) is 2. The van der Waals surface area contributed by atoms with Gasteiger partial charge < -0.3 is 53.6 Å². The molecule has 2 fully saturated rings. The summed E-state index contributed by atoms with van der Waals surface area (Å²) in [5, 5.41) is 5.50. The average molecular weight is 1050 g/mol. The molecule has 0 aliphatic carbocycles. The van der Waals surface area contributed by atoms with Crippen LogP contribution in [0.1, 0.15) is 68.7 Å². The number of methoxy groups -OCH3 is 1. The Balaban J connectivity index is 0.780. The highest BCUT2D eigenvalue weighted by Crippen LogP contribution is 2.39. The molecule has 2 saturated heterocycles. The van der Waals surface area contributed by atoms with Crippen LogP contribution in [0.3, 0.4) is 0 Å². The molecule has 6 amide bonds. The summed E-state index contributed by atoms with van der Waals surface area (Å²) < 4.78 is 40.5. The van der Waals surface area contributed by atoms with Crippen LogP contribution >= 0.6 is 0 Å². The van der Waals surface area contributed by atoms with Crippen LogP contribution in [0.15, 0.2) is 88.9 Å². The van der Waals surface area contributed by atoms with Gasteiger partial charge in [0, 0.05) is 81.3 Å². The van der Waals surface area contributed by atoms with Crippen molar-refractivity contribution in [3.8, 4) is 29.1 Å². The summed E-state index contributed by atoms with van der Waals surface area (Å²) in [5.41, 5.74) is 6.95. The molecule has 77 heavy (non-hydrogen) atoms. The van der Waals surface area contributed by atoms with Gasteiger partial charge in [-0.1, -0.05) is 36.1 Å². The normalized spacial score (nSPS) is 17.1. The lowest BCUT2D eigenvalue weighted by Gasteiger charge is -2.20. The molecule has 20 heteroatoms. The molecule has 3 aromatic carbocycles. The molecule has 2 N–H and O–H groups in total. The molecule has 20 nitrogen and oxygen atoms in total. The van der Waals surface area contributed by atoms with Gasteiger partial charge in [0.1, 0.15) is 19.0 Å². The van der Waals surface area contributed by atoms with E-state index in [1.54, 1.807) is 40.4 Å². The zero-order chi connectivity index (χ0) is 54.3. The van der Waals surface area contributed by atoms with Gasteiger partial charge in [0.15, 0.2) is 11.5 Å². The number of aliphatic imine (C=N–C) groups is 2. The second-order valence-electron chi connectivity index (χ2n) is 18.8. The van der Waals surface area contributed by atoms with Gasteiger partial charge in [-0.15, -0.1) is 0 Å². The zero-order valence-corrected chi connectivity index (χ0v) is 43.4. The SMILES string of the molecule is C=C1C[C@H]2C=Nc3cc(OCc4cc(C#CCNC(=O)CCOCCOCCOCCOCCNC(=O)CCN5C(=O)C=CC5=O)cc(COc5cc6c(cc5OC)C(=O)N5CC(=C)C[C@H]5C=N6)c4)c(C)cc3C(=O)N2C1. The van der Waals surface area contributed by atoms with Crippen molar-refractivity contribution in [3.63, 3.8) is 0 Å². The summed E-state index contributed by atoms with van der Waals surface area (Å²) in [7, 11) is 1.52. The first-order valence-corrected chi connectivity index (χ1v) is 25.5. The smallest absolute Gasteiger partial charge is 0.257 e. The summed E-state index contributed by atoms with van der Waals surface area (Å²) in [5.74, 6) is 6.01. The highest BCUT2D eigenvalue weighted by Gasteiger charge is 2.35. The van der Waals surface area contributed by atoms with Crippen molar-refractivity contribution in [2.24, 2.45) is 9.98 Å². The van der Waals surface area contributed by atoms with Crippen molar-refractivity contribution >= 4 is 59.2 Å². The van der Waals surface area contributed by atoms with Crippen molar-refractivity contribution in [1.29, 1.82) is 0 Å². The van der Waals surface area contributed by atoms with E-state index < -0.39 is 11.8 Å². The summed E-state index contributed by atoms with van der Waals surface area (Å²) >= 11 is 0. The number of fused-ring (bicyclic) bond motifs is 4. The molecule has 5 aliphatic rings. The predicted molar refractivity (Wildman–Crippen MR) is 284 cm³/mol. The lowest BCUT2D eigenvalue weighted by Crippen LogP contribution is -2.35. The van der Waals surface area contributed by atoms with Crippen molar-refractivity contribution in [2.75, 3.05) is 92.7 Å². The molecule has 2 atom stereocenters. The van der Waals surface area contributed by atoms with Gasteiger partial charge in [-0.25, -0.2) is 0 Å². The number of nitrogens with zero attached hydrogens (tertiary/aromatic N) is 5. The Morgan fingerprint density at radius 1 is 0.649 bits per heavy atom. The molecular weight excluding hydrogens is 991 g/mol. The number of carbonyl (C=O) groups is 6. The van der Waals surface area contributed by atoms with Crippen LogP contribution in [0.4, 0.5) is 11.4 Å². The molecule has 0 spiro atoms. The van der Waals surface area contributed by atoms with Crippen LogP contribution in [-0.2, 0) is 51.3 Å². The van der Waals surface area contributed by atoms with Gasteiger partial charge in [-0.2, -0.15) is 0 Å². The van der Waals surface area contributed by atoms with Crippen LogP contribution in [-0.4, -0.2) is 167 Å². The lowest BCUT2D eigenvalue weighted by atomic mass is 10.1. The maximum Gasteiger partial charge on any atom is 0.257 e. The van der Waals surface area contributed by atoms with E-state index in [9.17, 15) is 28.8 Å². The van der Waals surface area contributed by atoms with Gasteiger partial charge in [0.05, 0.1) is 101 Å². The number of ether oxygens (including phenoxy) is 7. The second-order valence-corrected chi connectivity index (χ2v) is 18.8. The van der Waals surface area contributed by atoms with E-state index in [0.717, 1.165) is 32.7 Å². The Hall–Kier alpha value is -7.96. The Labute approximate surface area is 447 Å². The number of hydrogen-bond acceptors (Lipinski definition) is 15. The predicted octanol–water partition coefficient (Wildman–Crippen LogP) is 4.49. The lowest BCUT2D eigenvalue weighted by molar-refractivity contribution is -0.137. The molecular formula is C57H63N7O13. The molecule has 404 valence electrons. The second kappa shape index (κ2) is 26.7. The minimum atomic E-state index is -0.418. The Bertz CT molecular complexity index is 2920. The number of carbonyl (C=O) groups excluding carboxylic acids is 6. The molecule has 0 radical (unpaired) electrons. The molecule has 5 aliphatic heterocycles. The van der Waals surface area contributed by atoms with Gasteiger partial charge in [-0.05, 0) is 66.8 Å². The van der Waals surface area contributed by atoms with E-state index in [1.165, 1.54) is 19.3 Å². The maximum absolute atomic E-state index is 13.6. The molecule has 0 bridgehead atoms. The molecule has 0 aromatic heterocycles. The molecule has 3 aromatic rings. The first-order valence-electron chi connectivity index (χ1n) is 25.5. The van der Waals surface area contributed by atoms with Crippen LogP contribution in [0.5, 0.6) is 17.2 Å². The molecule has 8 rings (SSSR count). The van der Waals surface area contributed by atoms with Crippen molar-refractivity contribution in [3.05, 3.63) is 112 Å². The van der Waals surface area contributed by atoms with Crippen molar-refractivity contribution in [1.82, 2.24) is 25.3 Å². The monoisotopic (exact) mass is 1050 g/mol. The minimum absolute atomic E-state index is 0.0202. The van der Waals surface area contributed by atoms with Crippen LogP contribution in [0.2, 0.25) is 0 Å². The fourth-order valence-corrected chi connectivity index (χ4v) is 9.06. The minimum Gasteiger partial charge on any atom is -0.493 e. The van der Waals surface area contributed by atoms with E-state index in [0.29, 0.717) is 111 Å². The van der Waals surface area contributed by atoms with E-state index in [-0.39, 0.29) is 94.6 Å². The average Bonchev–Trinajstić information content (AvgIpc) is 4.10. The van der Waals surface area contributed by atoms with Crippen LogP contribution in [0, 0.1) is 18.8 Å². The van der Waals surface area contributed by atoms with E-state index in [2.05, 4.69) is 45.6 Å². The molecule has 0 unspecified atom stereocenters. The van der Waals surface area contributed by atoms with Gasteiger partial charge in [0.2, 0.25) is 11.8 Å². The number of aryl methyl sites for hydroxylation is 1. The summed E-state index contributed by atoms with van der Waals surface area (Å²) in [4.78, 5) is 88.7. The van der Waals surface area contributed by atoms with Crippen LogP contribution < -0.4 is 24.8 Å². The van der Waals surface area contributed by atoms with E-state index in [4.69, 9.17) is 33.2 Å². The number of hydrogen-bond donors (Lipinski definition) is 2. The number of amides is 6. The van der Waals surface area contributed by atoms with Crippen molar-refractivity contribution in [2.45, 2.75) is 57.9 Å². The highest BCUT2D eigenvalue weighted by atomic mass is 16.6. The standard InChI is InChI=1S/C57H63N7O13/c1-37-22-43-31-60-47-29-49(39(3)24-45(47)56(69)63(43)33-37)76-35-41-25-40(26-42(27-41)36-77-51-30-48-46(28-50(51)71-4)57(70)64-34-38(2)23-44(64)32-61-48)6-5-11-58-53(66)10-14-72-16-18-74-20-21-75-19-17-73-15-12-59-52(65)9-13-62-54(67)7-8-55(62)68/h7-8,24-32,43-44H,1-2,9-23,33-36H2,3-4H3,(H,58,66)(H,59,65)/t43-,44-/m0/s1. The third kappa shape index (κ3) is 14.9. The van der Waals surface area contributed by atoms with E-state index in [1.807, 2.05) is 31.2 Å². The first kappa shape index (κ1) is 55.3. The largest absolute Gasteiger partial charge is 0.493 e. The number of imide groups is 1. The van der Waals surface area contributed by atoms with Crippen molar-refractivity contribution < 1.29 is 61.9 Å². The van der Waals surface area contributed by atoms with Gasteiger partial charge in [-0.3, -0.25) is 43.7 Å². The van der Waals surface area contributed by atoms with Gasteiger partial charge in [0.25, 0.3) is 23.6 Å². The third-order valence-corrected chi connectivity index (χ3v) is 13.0. The molecule has 5 heterocycles. The third-order valence-electron chi connectivity index (χ3n) is 13.0. The fourth-order valence-electron chi connectivity index (χ4n) is 9.06. The summed E-state index contributed by atoms with van der Waals surface area (Å²) in [6.07, 6.45) is 7.46. The number of benzene rings is 3. The summed E-state index contributed by atoms with van der Waals surface area (Å²) in [6, 6.07) is 12.5. The summed E-state index contributed by atoms with van der Waals surface area (Å²) in [6.45, 7) is 14.2. The molecule has 0 saturated carbocycles. The Morgan fingerprint density at radius 3 is 1.78 bits per heavy atom.